The predicted octanol–water partition coefficient (Wildman–Crippen LogP) is 3.59. The monoisotopic (exact) mass is 398 g/mol. The normalized spacial score (nSPS) is 13.6. The Bertz CT molecular complexity index is 822. The van der Waals surface area contributed by atoms with Gasteiger partial charge in [-0.05, 0) is 17.7 Å². The largest absolute Gasteiger partial charge is 0.481 e. The van der Waals surface area contributed by atoms with Crippen molar-refractivity contribution in [3.8, 4) is 0 Å². The van der Waals surface area contributed by atoms with Crippen LogP contribution in [-0.4, -0.2) is 33.4 Å². The van der Waals surface area contributed by atoms with Crippen molar-refractivity contribution in [2.45, 2.75) is 32.2 Å². The van der Waals surface area contributed by atoms with Crippen molar-refractivity contribution in [1.82, 2.24) is 9.88 Å². The van der Waals surface area contributed by atoms with Crippen molar-refractivity contribution in [1.29, 1.82) is 0 Å². The van der Waals surface area contributed by atoms with Gasteiger partial charge in [-0.15, -0.1) is 11.3 Å². The minimum absolute atomic E-state index is 0.0320. The molecule has 2 aromatic rings. The summed E-state index contributed by atoms with van der Waals surface area (Å²) < 4.78 is 0. The summed E-state index contributed by atoms with van der Waals surface area (Å²) in [5, 5.41) is 10.5. The molecule has 0 atom stereocenters. The second kappa shape index (κ2) is 7.72. The van der Waals surface area contributed by atoms with E-state index in [0.29, 0.717) is 36.0 Å². The summed E-state index contributed by atoms with van der Waals surface area (Å²) in [6.45, 7) is 1.15. The summed E-state index contributed by atoms with van der Waals surface area (Å²) in [5.74, 6) is -0.795. The molecule has 1 amide bonds. The van der Waals surface area contributed by atoms with Gasteiger partial charge in [-0.3, -0.25) is 9.59 Å². The number of thiazole rings is 1. The molecular weight excluding hydrogens is 383 g/mol. The molecule has 0 unspecified atom stereocenters. The molecule has 8 heteroatoms. The number of benzene rings is 1. The van der Waals surface area contributed by atoms with Crippen LogP contribution in [0.1, 0.15) is 27.6 Å². The first-order valence-electron chi connectivity index (χ1n) is 7.83. The van der Waals surface area contributed by atoms with E-state index in [2.05, 4.69) is 4.98 Å². The summed E-state index contributed by atoms with van der Waals surface area (Å²) >= 11 is 13.4. The summed E-state index contributed by atoms with van der Waals surface area (Å²) in [6.07, 6.45) is 1.49. The number of amides is 1. The maximum Gasteiger partial charge on any atom is 0.303 e. The molecule has 0 aliphatic carbocycles. The number of carbonyl (C=O) groups is 2. The molecule has 1 N–H and O–H groups in total. The third-order valence-corrected chi connectivity index (χ3v) is 5.90. The fourth-order valence-electron chi connectivity index (χ4n) is 2.72. The number of nitrogens with zero attached hydrogens (tertiary/aromatic N) is 2. The molecule has 1 aliphatic heterocycles. The van der Waals surface area contributed by atoms with E-state index < -0.39 is 5.97 Å². The number of halogens is 2. The van der Waals surface area contributed by atoms with E-state index in [1.165, 1.54) is 11.3 Å². The van der Waals surface area contributed by atoms with Gasteiger partial charge in [-0.1, -0.05) is 29.3 Å². The van der Waals surface area contributed by atoms with Crippen LogP contribution in [0, 0.1) is 0 Å². The summed E-state index contributed by atoms with van der Waals surface area (Å²) in [4.78, 5) is 30.6. The molecule has 1 aromatic heterocycles. The molecular formula is C17H16Cl2N2O3S. The molecule has 25 heavy (non-hydrogen) atoms. The molecule has 0 radical (unpaired) electrons. The van der Waals surface area contributed by atoms with Crippen molar-refractivity contribution >= 4 is 46.4 Å². The lowest BCUT2D eigenvalue weighted by Crippen LogP contribution is -2.36. The topological polar surface area (TPSA) is 70.5 Å². The third-order valence-electron chi connectivity index (χ3n) is 4.02. The highest BCUT2D eigenvalue weighted by molar-refractivity contribution is 7.11. The van der Waals surface area contributed by atoms with Gasteiger partial charge in [0.2, 0.25) is 5.91 Å². The van der Waals surface area contributed by atoms with Crippen LogP contribution in [0.5, 0.6) is 0 Å². The average Bonchev–Trinajstić information content (AvgIpc) is 2.98. The van der Waals surface area contributed by atoms with Crippen LogP contribution in [-0.2, 0) is 35.4 Å². The first kappa shape index (κ1) is 18.2. The van der Waals surface area contributed by atoms with Gasteiger partial charge in [0.25, 0.3) is 0 Å². The Labute approximate surface area is 159 Å². The first-order valence-corrected chi connectivity index (χ1v) is 9.40. The Hall–Kier alpha value is -1.63. The molecule has 0 fully saturated rings. The average molecular weight is 399 g/mol. The van der Waals surface area contributed by atoms with Gasteiger partial charge in [0, 0.05) is 24.3 Å². The molecule has 2 heterocycles. The summed E-state index contributed by atoms with van der Waals surface area (Å²) in [5.41, 5.74) is 1.82. The van der Waals surface area contributed by atoms with Crippen LogP contribution >= 0.6 is 34.5 Å². The van der Waals surface area contributed by atoms with Crippen LogP contribution in [0.2, 0.25) is 10.0 Å². The molecule has 5 nitrogen and oxygen atoms in total. The van der Waals surface area contributed by atoms with E-state index in [4.69, 9.17) is 28.3 Å². The molecule has 1 aliphatic rings. The van der Waals surface area contributed by atoms with Gasteiger partial charge in [-0.2, -0.15) is 0 Å². The van der Waals surface area contributed by atoms with Gasteiger partial charge in [-0.25, -0.2) is 4.98 Å². The molecule has 1 aromatic carbocycles. The molecule has 0 spiro atoms. The highest BCUT2D eigenvalue weighted by Gasteiger charge is 2.24. The Morgan fingerprint density at radius 2 is 2.08 bits per heavy atom. The smallest absolute Gasteiger partial charge is 0.303 e. The lowest BCUT2D eigenvalue weighted by molar-refractivity contribution is -0.137. The van der Waals surface area contributed by atoms with Crippen LogP contribution in [0.3, 0.4) is 0 Å². The van der Waals surface area contributed by atoms with Gasteiger partial charge < -0.3 is 10.0 Å². The number of hydrogen-bond donors (Lipinski definition) is 1. The third kappa shape index (κ3) is 4.51. The van der Waals surface area contributed by atoms with Crippen molar-refractivity contribution in [2.75, 3.05) is 6.54 Å². The SMILES string of the molecule is O=C(O)CCc1nc2c(s1)CN(C(=O)Cc1ccc(Cl)c(Cl)c1)CC2. The van der Waals surface area contributed by atoms with E-state index in [0.717, 1.165) is 21.1 Å². The van der Waals surface area contributed by atoms with E-state index in [9.17, 15) is 9.59 Å². The Morgan fingerprint density at radius 3 is 2.80 bits per heavy atom. The maximum absolute atomic E-state index is 12.6. The summed E-state index contributed by atoms with van der Waals surface area (Å²) in [7, 11) is 0. The molecule has 132 valence electrons. The van der Waals surface area contributed by atoms with Gasteiger partial charge in [0.05, 0.1) is 40.1 Å². The predicted molar refractivity (Wildman–Crippen MR) is 97.4 cm³/mol. The number of aliphatic carboxylic acids is 1. The number of rotatable bonds is 5. The van der Waals surface area contributed by atoms with E-state index >= 15 is 0 Å². The number of carboxylic acids is 1. The van der Waals surface area contributed by atoms with Crippen molar-refractivity contribution in [3.05, 3.63) is 49.4 Å². The molecule has 0 saturated carbocycles. The van der Waals surface area contributed by atoms with Gasteiger partial charge in [0.15, 0.2) is 0 Å². The fraction of sp³-hybridized carbons (Fsp3) is 0.353. The molecule has 0 bridgehead atoms. The zero-order chi connectivity index (χ0) is 18.0. The van der Waals surface area contributed by atoms with Crippen LogP contribution in [0.15, 0.2) is 18.2 Å². The number of hydrogen-bond acceptors (Lipinski definition) is 4. The lowest BCUT2D eigenvalue weighted by atomic mass is 10.1. The minimum atomic E-state index is -0.827. The quantitative estimate of drug-likeness (QED) is 0.834. The zero-order valence-corrected chi connectivity index (χ0v) is 15.6. The molecule has 0 saturated heterocycles. The fourth-order valence-corrected chi connectivity index (χ4v) is 4.17. The second-order valence-corrected chi connectivity index (χ2v) is 7.84. The van der Waals surface area contributed by atoms with Crippen molar-refractivity contribution in [2.24, 2.45) is 0 Å². The highest BCUT2D eigenvalue weighted by Crippen LogP contribution is 2.27. The van der Waals surface area contributed by atoms with Crippen molar-refractivity contribution in [3.63, 3.8) is 0 Å². The van der Waals surface area contributed by atoms with E-state index in [-0.39, 0.29) is 18.7 Å². The van der Waals surface area contributed by atoms with Crippen molar-refractivity contribution < 1.29 is 14.7 Å². The number of aryl methyl sites for hydroxylation is 1. The number of aromatic nitrogens is 1. The Morgan fingerprint density at radius 1 is 1.28 bits per heavy atom. The van der Waals surface area contributed by atoms with E-state index in [1.807, 2.05) is 4.90 Å². The summed E-state index contributed by atoms with van der Waals surface area (Å²) in [6, 6.07) is 5.21. The van der Waals surface area contributed by atoms with E-state index in [1.54, 1.807) is 18.2 Å². The minimum Gasteiger partial charge on any atom is -0.481 e. The molecule has 3 rings (SSSR count). The van der Waals surface area contributed by atoms with Gasteiger partial charge >= 0.3 is 5.97 Å². The highest BCUT2D eigenvalue weighted by atomic mass is 35.5. The van der Waals surface area contributed by atoms with Crippen LogP contribution in [0.25, 0.3) is 0 Å². The second-order valence-electron chi connectivity index (χ2n) is 5.86. The van der Waals surface area contributed by atoms with Gasteiger partial charge in [0.1, 0.15) is 0 Å². The number of carboxylic acid groups (broad SMARTS) is 1. The van der Waals surface area contributed by atoms with Crippen LogP contribution < -0.4 is 0 Å². The number of carbonyl (C=O) groups excluding carboxylic acids is 1. The first-order chi connectivity index (χ1) is 11.9. The Balaban J connectivity index is 1.64. The zero-order valence-electron chi connectivity index (χ0n) is 13.3. The maximum atomic E-state index is 12.6. The van der Waals surface area contributed by atoms with Crippen LogP contribution in [0.4, 0.5) is 0 Å². The Kier molecular flexibility index (Phi) is 5.61. The standard InChI is InChI=1S/C17H16Cl2N2O3S/c18-11-2-1-10(7-12(11)19)8-16(22)21-6-5-13-14(9-21)25-15(20-13)3-4-17(23)24/h1-2,7H,3-6,8-9H2,(H,23,24). The number of fused-ring (bicyclic) bond motifs is 1. The lowest BCUT2D eigenvalue weighted by Gasteiger charge is -2.26.